The SMILES string of the molecule is O=C(NC[C@@H]1COCCO1)Nc1ccc2c(c1)oc1ccccc12. The van der Waals surface area contributed by atoms with Crippen molar-refractivity contribution in [2.45, 2.75) is 6.10 Å². The Kier molecular flexibility index (Phi) is 4.06. The minimum absolute atomic E-state index is 0.0950. The van der Waals surface area contributed by atoms with Crippen LogP contribution >= 0.6 is 0 Å². The van der Waals surface area contributed by atoms with Gasteiger partial charge in [0.05, 0.1) is 25.9 Å². The lowest BCUT2D eigenvalue weighted by Gasteiger charge is -2.23. The maximum absolute atomic E-state index is 12.0. The molecule has 1 aliphatic heterocycles. The molecule has 2 N–H and O–H groups in total. The summed E-state index contributed by atoms with van der Waals surface area (Å²) in [6.07, 6.45) is -0.0950. The lowest BCUT2D eigenvalue weighted by atomic mass is 10.1. The van der Waals surface area contributed by atoms with E-state index in [-0.39, 0.29) is 12.1 Å². The van der Waals surface area contributed by atoms with Crippen LogP contribution in [0.5, 0.6) is 0 Å². The Bertz CT molecular complexity index is 868. The second-order valence-electron chi connectivity index (χ2n) is 5.71. The van der Waals surface area contributed by atoms with Gasteiger partial charge in [0.1, 0.15) is 11.2 Å². The number of anilines is 1. The maximum Gasteiger partial charge on any atom is 0.319 e. The number of hydrogen-bond acceptors (Lipinski definition) is 4. The summed E-state index contributed by atoms with van der Waals surface area (Å²) in [6.45, 7) is 2.10. The van der Waals surface area contributed by atoms with Gasteiger partial charge in [0.15, 0.2) is 0 Å². The summed E-state index contributed by atoms with van der Waals surface area (Å²) in [7, 11) is 0. The van der Waals surface area contributed by atoms with Crippen molar-refractivity contribution in [1.82, 2.24) is 5.32 Å². The fourth-order valence-corrected chi connectivity index (χ4v) is 2.84. The number of urea groups is 1. The zero-order chi connectivity index (χ0) is 16.4. The van der Waals surface area contributed by atoms with Crippen LogP contribution in [0.2, 0.25) is 0 Å². The number of benzene rings is 2. The normalized spacial score (nSPS) is 17.9. The summed E-state index contributed by atoms with van der Waals surface area (Å²) in [5, 5.41) is 7.70. The molecule has 1 atom stereocenters. The number of amides is 2. The molecule has 3 aromatic rings. The molecule has 0 unspecified atom stereocenters. The summed E-state index contributed by atoms with van der Waals surface area (Å²) in [5.41, 5.74) is 2.27. The number of ether oxygens (including phenoxy) is 2. The fourth-order valence-electron chi connectivity index (χ4n) is 2.84. The third-order valence-corrected chi connectivity index (χ3v) is 4.01. The summed E-state index contributed by atoms with van der Waals surface area (Å²) in [6, 6.07) is 13.2. The Balaban J connectivity index is 1.44. The van der Waals surface area contributed by atoms with E-state index in [0.717, 1.165) is 21.9 Å². The van der Waals surface area contributed by atoms with Gasteiger partial charge in [-0.15, -0.1) is 0 Å². The van der Waals surface area contributed by atoms with Gasteiger partial charge in [-0.05, 0) is 18.2 Å². The topological polar surface area (TPSA) is 72.7 Å². The van der Waals surface area contributed by atoms with Crippen molar-refractivity contribution in [1.29, 1.82) is 0 Å². The van der Waals surface area contributed by atoms with E-state index in [9.17, 15) is 4.79 Å². The molecule has 0 spiro atoms. The zero-order valence-electron chi connectivity index (χ0n) is 13.1. The summed E-state index contributed by atoms with van der Waals surface area (Å²) >= 11 is 0. The molecular weight excluding hydrogens is 308 g/mol. The Hall–Kier alpha value is -2.57. The Labute approximate surface area is 138 Å². The second-order valence-corrected chi connectivity index (χ2v) is 5.71. The van der Waals surface area contributed by atoms with Gasteiger partial charge in [-0.2, -0.15) is 0 Å². The monoisotopic (exact) mass is 326 g/mol. The van der Waals surface area contributed by atoms with Crippen molar-refractivity contribution in [2.75, 3.05) is 31.7 Å². The highest BCUT2D eigenvalue weighted by molar-refractivity contribution is 6.06. The molecule has 0 radical (unpaired) electrons. The second kappa shape index (κ2) is 6.51. The third-order valence-electron chi connectivity index (χ3n) is 4.01. The minimum atomic E-state index is -0.278. The Morgan fingerprint density at radius 2 is 1.96 bits per heavy atom. The average Bonchev–Trinajstić information content (AvgIpc) is 2.98. The van der Waals surface area contributed by atoms with E-state index in [2.05, 4.69) is 10.6 Å². The summed E-state index contributed by atoms with van der Waals surface area (Å²) < 4.78 is 16.6. The first-order valence-electron chi connectivity index (χ1n) is 7.95. The molecule has 2 amide bonds. The Morgan fingerprint density at radius 1 is 1.08 bits per heavy atom. The molecule has 2 heterocycles. The number of furan rings is 1. The van der Waals surface area contributed by atoms with Crippen LogP contribution in [0.25, 0.3) is 21.9 Å². The lowest BCUT2D eigenvalue weighted by Crippen LogP contribution is -2.41. The van der Waals surface area contributed by atoms with Gasteiger partial charge in [-0.25, -0.2) is 4.79 Å². The van der Waals surface area contributed by atoms with E-state index in [1.807, 2.05) is 42.5 Å². The molecule has 1 fully saturated rings. The molecule has 0 saturated carbocycles. The first-order valence-corrected chi connectivity index (χ1v) is 7.95. The van der Waals surface area contributed by atoms with E-state index in [0.29, 0.717) is 32.1 Å². The first kappa shape index (κ1) is 15.0. The smallest absolute Gasteiger partial charge is 0.319 e. The van der Waals surface area contributed by atoms with Crippen LogP contribution in [0.15, 0.2) is 46.9 Å². The number of rotatable bonds is 3. The highest BCUT2D eigenvalue weighted by atomic mass is 16.6. The number of nitrogens with one attached hydrogen (secondary N) is 2. The van der Waals surface area contributed by atoms with E-state index in [1.54, 1.807) is 0 Å². The summed E-state index contributed by atoms with van der Waals surface area (Å²) in [4.78, 5) is 12.0. The van der Waals surface area contributed by atoms with Crippen LogP contribution in [-0.2, 0) is 9.47 Å². The van der Waals surface area contributed by atoms with Crippen LogP contribution in [0.4, 0.5) is 10.5 Å². The van der Waals surface area contributed by atoms with Gasteiger partial charge in [-0.1, -0.05) is 18.2 Å². The number of fused-ring (bicyclic) bond motifs is 3. The van der Waals surface area contributed by atoms with Crippen molar-refractivity contribution >= 4 is 33.7 Å². The highest BCUT2D eigenvalue weighted by Gasteiger charge is 2.15. The molecule has 1 aliphatic rings. The standard InChI is InChI=1S/C18H18N2O4/c21-18(19-10-13-11-22-7-8-23-13)20-12-5-6-15-14-3-1-2-4-16(14)24-17(15)9-12/h1-6,9,13H,7-8,10-11H2,(H2,19,20,21)/t13-/m1/s1. The van der Waals surface area contributed by atoms with Crippen molar-refractivity contribution < 1.29 is 18.7 Å². The first-order chi connectivity index (χ1) is 11.8. The lowest BCUT2D eigenvalue weighted by molar-refractivity contribution is -0.0852. The molecule has 0 aliphatic carbocycles. The molecule has 4 rings (SSSR count). The average molecular weight is 326 g/mol. The van der Waals surface area contributed by atoms with Crippen molar-refractivity contribution in [3.8, 4) is 0 Å². The quantitative estimate of drug-likeness (QED) is 0.775. The van der Waals surface area contributed by atoms with Gasteiger partial charge in [0, 0.05) is 29.1 Å². The van der Waals surface area contributed by atoms with Crippen LogP contribution in [0, 0.1) is 0 Å². The minimum Gasteiger partial charge on any atom is -0.456 e. The van der Waals surface area contributed by atoms with Crippen molar-refractivity contribution in [3.05, 3.63) is 42.5 Å². The molecule has 0 bridgehead atoms. The van der Waals surface area contributed by atoms with Crippen LogP contribution < -0.4 is 10.6 Å². The van der Waals surface area contributed by atoms with E-state index >= 15 is 0 Å². The predicted octanol–water partition coefficient (Wildman–Crippen LogP) is 3.12. The fraction of sp³-hybridized carbons (Fsp3) is 0.278. The van der Waals surface area contributed by atoms with Crippen LogP contribution in [0.3, 0.4) is 0 Å². The third kappa shape index (κ3) is 3.06. The Morgan fingerprint density at radius 3 is 2.83 bits per heavy atom. The van der Waals surface area contributed by atoms with Crippen molar-refractivity contribution in [3.63, 3.8) is 0 Å². The van der Waals surface area contributed by atoms with Crippen molar-refractivity contribution in [2.24, 2.45) is 0 Å². The molecule has 1 saturated heterocycles. The van der Waals surface area contributed by atoms with Gasteiger partial charge >= 0.3 is 6.03 Å². The molecule has 2 aromatic carbocycles. The van der Waals surface area contributed by atoms with Gasteiger partial charge in [-0.3, -0.25) is 0 Å². The van der Waals surface area contributed by atoms with E-state index in [1.165, 1.54) is 0 Å². The molecule has 1 aromatic heterocycles. The molecule has 6 heteroatoms. The van der Waals surface area contributed by atoms with Gasteiger partial charge < -0.3 is 24.5 Å². The van der Waals surface area contributed by atoms with Crippen LogP contribution in [0.1, 0.15) is 0 Å². The van der Waals surface area contributed by atoms with Crippen LogP contribution in [-0.4, -0.2) is 38.5 Å². The highest BCUT2D eigenvalue weighted by Crippen LogP contribution is 2.30. The molecule has 6 nitrogen and oxygen atoms in total. The number of hydrogen-bond donors (Lipinski definition) is 2. The van der Waals surface area contributed by atoms with Gasteiger partial charge in [0.25, 0.3) is 0 Å². The zero-order valence-corrected chi connectivity index (χ0v) is 13.1. The van der Waals surface area contributed by atoms with Gasteiger partial charge in [0.2, 0.25) is 0 Å². The number of carbonyl (C=O) groups is 1. The largest absolute Gasteiger partial charge is 0.456 e. The van der Waals surface area contributed by atoms with E-state index in [4.69, 9.17) is 13.9 Å². The summed E-state index contributed by atoms with van der Waals surface area (Å²) in [5.74, 6) is 0. The number of para-hydroxylation sites is 1. The molecule has 24 heavy (non-hydrogen) atoms. The number of carbonyl (C=O) groups excluding carboxylic acids is 1. The maximum atomic E-state index is 12.0. The molecular formula is C18H18N2O4. The predicted molar refractivity (Wildman–Crippen MR) is 91.3 cm³/mol. The molecule has 124 valence electrons. The van der Waals surface area contributed by atoms with E-state index < -0.39 is 0 Å².